The zero-order chi connectivity index (χ0) is 21.9. The third-order valence-corrected chi connectivity index (χ3v) is 4.29. The van der Waals surface area contributed by atoms with E-state index < -0.39 is 12.2 Å². The Bertz CT molecular complexity index is 846. The van der Waals surface area contributed by atoms with E-state index in [1.165, 1.54) is 4.90 Å². The number of nitriles is 1. The van der Waals surface area contributed by atoms with Gasteiger partial charge < -0.3 is 25.2 Å². The van der Waals surface area contributed by atoms with Gasteiger partial charge in [0.15, 0.2) is 0 Å². The highest BCUT2D eigenvalue weighted by molar-refractivity contribution is 5.67. The standard InChI is InChI=1S/C23H29N3O4/c1-17(2)15-30-23(28)26(11-10-18-6-8-20(25)9-7-18)14-21(27)16-29-22-5-3-4-19(12-22)13-24/h3-9,12,17,21,27H,10-11,14-16,25H2,1-2H3/t21-/m0/s1. The van der Waals surface area contributed by atoms with Crippen LogP contribution < -0.4 is 10.5 Å². The Morgan fingerprint density at radius 2 is 1.93 bits per heavy atom. The van der Waals surface area contributed by atoms with E-state index in [2.05, 4.69) is 0 Å². The van der Waals surface area contributed by atoms with Crippen molar-refractivity contribution in [3.63, 3.8) is 0 Å². The maximum atomic E-state index is 12.5. The van der Waals surface area contributed by atoms with E-state index >= 15 is 0 Å². The van der Waals surface area contributed by atoms with Crippen molar-refractivity contribution in [1.29, 1.82) is 5.26 Å². The molecule has 0 spiro atoms. The smallest absolute Gasteiger partial charge is 0.409 e. The minimum absolute atomic E-state index is 0.00921. The molecule has 2 aromatic rings. The molecule has 0 aromatic heterocycles. The van der Waals surface area contributed by atoms with Crippen LogP contribution in [0, 0.1) is 17.2 Å². The second-order valence-electron chi connectivity index (χ2n) is 7.51. The Kier molecular flexibility index (Phi) is 8.98. The average Bonchev–Trinajstić information content (AvgIpc) is 2.74. The van der Waals surface area contributed by atoms with Crippen LogP contribution in [0.1, 0.15) is 25.0 Å². The van der Waals surface area contributed by atoms with E-state index in [4.69, 9.17) is 20.5 Å². The van der Waals surface area contributed by atoms with Gasteiger partial charge in [-0.1, -0.05) is 32.0 Å². The van der Waals surface area contributed by atoms with Crippen molar-refractivity contribution in [3.05, 3.63) is 59.7 Å². The topological polar surface area (TPSA) is 109 Å². The second kappa shape index (κ2) is 11.7. The van der Waals surface area contributed by atoms with E-state index in [0.717, 1.165) is 5.56 Å². The molecule has 0 radical (unpaired) electrons. The molecule has 1 amide bonds. The number of hydrogen-bond acceptors (Lipinski definition) is 6. The third-order valence-electron chi connectivity index (χ3n) is 4.29. The fourth-order valence-electron chi connectivity index (χ4n) is 2.69. The predicted octanol–water partition coefficient (Wildman–Crippen LogP) is 3.22. The Balaban J connectivity index is 1.94. The van der Waals surface area contributed by atoms with E-state index in [1.807, 2.05) is 44.2 Å². The minimum atomic E-state index is -0.909. The van der Waals surface area contributed by atoms with Crippen LogP contribution in [0.2, 0.25) is 0 Å². The maximum absolute atomic E-state index is 12.5. The Morgan fingerprint density at radius 3 is 2.60 bits per heavy atom. The first kappa shape index (κ1) is 23.0. The van der Waals surface area contributed by atoms with Gasteiger partial charge in [-0.15, -0.1) is 0 Å². The quantitative estimate of drug-likeness (QED) is 0.581. The van der Waals surface area contributed by atoms with Gasteiger partial charge in [-0.25, -0.2) is 4.79 Å². The second-order valence-corrected chi connectivity index (χ2v) is 7.51. The number of anilines is 1. The van der Waals surface area contributed by atoms with E-state index in [0.29, 0.717) is 36.6 Å². The molecule has 2 rings (SSSR count). The van der Waals surface area contributed by atoms with Gasteiger partial charge >= 0.3 is 6.09 Å². The van der Waals surface area contributed by atoms with Crippen LogP contribution in [0.15, 0.2) is 48.5 Å². The van der Waals surface area contributed by atoms with E-state index in [1.54, 1.807) is 24.3 Å². The van der Waals surface area contributed by atoms with Gasteiger partial charge in [0.05, 0.1) is 24.8 Å². The van der Waals surface area contributed by atoms with Gasteiger partial charge in [0.2, 0.25) is 0 Å². The highest BCUT2D eigenvalue weighted by Gasteiger charge is 2.20. The number of ether oxygens (including phenoxy) is 2. The number of rotatable bonds is 10. The number of nitrogens with two attached hydrogens (primary N) is 1. The number of nitrogen functional groups attached to an aromatic ring is 1. The van der Waals surface area contributed by atoms with Gasteiger partial charge in [-0.05, 0) is 48.2 Å². The molecule has 0 aliphatic carbocycles. The molecule has 7 heteroatoms. The summed E-state index contributed by atoms with van der Waals surface area (Å²) in [4.78, 5) is 14.0. The Morgan fingerprint density at radius 1 is 1.20 bits per heavy atom. The van der Waals surface area contributed by atoms with Crippen molar-refractivity contribution in [2.45, 2.75) is 26.4 Å². The number of carbonyl (C=O) groups is 1. The molecule has 1 atom stereocenters. The number of aliphatic hydroxyl groups is 1. The average molecular weight is 412 g/mol. The monoisotopic (exact) mass is 411 g/mol. The van der Waals surface area contributed by atoms with Crippen molar-refractivity contribution in [2.75, 3.05) is 32.0 Å². The van der Waals surface area contributed by atoms with Gasteiger partial charge in [-0.3, -0.25) is 0 Å². The molecule has 0 saturated carbocycles. The maximum Gasteiger partial charge on any atom is 0.409 e. The number of aliphatic hydroxyl groups excluding tert-OH is 1. The minimum Gasteiger partial charge on any atom is -0.491 e. The predicted molar refractivity (Wildman–Crippen MR) is 115 cm³/mol. The summed E-state index contributed by atoms with van der Waals surface area (Å²) in [5.41, 5.74) is 7.90. The number of hydrogen-bond donors (Lipinski definition) is 2. The lowest BCUT2D eigenvalue weighted by Gasteiger charge is -2.25. The lowest BCUT2D eigenvalue weighted by Crippen LogP contribution is -2.41. The molecule has 0 aliphatic heterocycles. The molecular formula is C23H29N3O4. The van der Waals surface area contributed by atoms with Crippen molar-refractivity contribution < 1.29 is 19.4 Å². The first-order chi connectivity index (χ1) is 14.4. The summed E-state index contributed by atoms with van der Waals surface area (Å²) in [6, 6.07) is 16.2. The molecule has 0 saturated heterocycles. The molecule has 0 aliphatic rings. The molecule has 0 fully saturated rings. The summed E-state index contributed by atoms with van der Waals surface area (Å²) in [5.74, 6) is 0.706. The van der Waals surface area contributed by atoms with Crippen molar-refractivity contribution >= 4 is 11.8 Å². The summed E-state index contributed by atoms with van der Waals surface area (Å²) in [6.07, 6.45) is -0.770. The van der Waals surface area contributed by atoms with Crippen LogP contribution in [0.3, 0.4) is 0 Å². The van der Waals surface area contributed by atoms with Gasteiger partial charge in [0, 0.05) is 12.2 Å². The number of amides is 1. The molecular weight excluding hydrogens is 382 g/mol. The Labute approximate surface area is 177 Å². The fraction of sp³-hybridized carbons (Fsp3) is 0.391. The van der Waals surface area contributed by atoms with Crippen LogP contribution in [0.25, 0.3) is 0 Å². The zero-order valence-electron chi connectivity index (χ0n) is 17.5. The zero-order valence-corrected chi connectivity index (χ0v) is 17.5. The molecule has 30 heavy (non-hydrogen) atoms. The lowest BCUT2D eigenvalue weighted by atomic mass is 10.1. The van der Waals surface area contributed by atoms with Gasteiger partial charge in [-0.2, -0.15) is 5.26 Å². The fourth-order valence-corrected chi connectivity index (χ4v) is 2.69. The van der Waals surface area contributed by atoms with Crippen LogP contribution >= 0.6 is 0 Å². The Hall–Kier alpha value is -3.24. The molecule has 160 valence electrons. The van der Waals surface area contributed by atoms with Crippen LogP contribution in [-0.4, -0.2) is 48.5 Å². The van der Waals surface area contributed by atoms with Crippen LogP contribution in [-0.2, 0) is 11.2 Å². The SMILES string of the molecule is CC(C)COC(=O)N(CCc1ccc(N)cc1)C[C@H](O)COc1cccc(C#N)c1. The highest BCUT2D eigenvalue weighted by atomic mass is 16.6. The molecule has 0 heterocycles. The number of benzene rings is 2. The number of carbonyl (C=O) groups excluding carboxylic acids is 1. The molecule has 3 N–H and O–H groups in total. The highest BCUT2D eigenvalue weighted by Crippen LogP contribution is 2.13. The summed E-state index contributed by atoms with van der Waals surface area (Å²) in [7, 11) is 0. The number of nitrogens with zero attached hydrogens (tertiary/aromatic N) is 2. The summed E-state index contributed by atoms with van der Waals surface area (Å²) < 4.78 is 10.9. The first-order valence-electron chi connectivity index (χ1n) is 9.94. The molecule has 7 nitrogen and oxygen atoms in total. The lowest BCUT2D eigenvalue weighted by molar-refractivity contribution is 0.0491. The normalized spacial score (nSPS) is 11.6. The molecule has 0 bridgehead atoms. The summed E-state index contributed by atoms with van der Waals surface area (Å²) in [6.45, 7) is 4.69. The van der Waals surface area contributed by atoms with E-state index in [-0.39, 0.29) is 19.1 Å². The largest absolute Gasteiger partial charge is 0.491 e. The summed E-state index contributed by atoms with van der Waals surface area (Å²) >= 11 is 0. The van der Waals surface area contributed by atoms with Gasteiger partial charge in [0.1, 0.15) is 18.5 Å². The van der Waals surface area contributed by atoms with Crippen LogP contribution in [0.5, 0.6) is 5.75 Å². The summed E-state index contributed by atoms with van der Waals surface area (Å²) in [5, 5.41) is 19.4. The van der Waals surface area contributed by atoms with Crippen molar-refractivity contribution in [1.82, 2.24) is 4.90 Å². The molecule has 0 unspecified atom stereocenters. The van der Waals surface area contributed by atoms with Crippen LogP contribution in [0.4, 0.5) is 10.5 Å². The van der Waals surface area contributed by atoms with Gasteiger partial charge in [0.25, 0.3) is 0 Å². The van der Waals surface area contributed by atoms with E-state index in [9.17, 15) is 9.90 Å². The third kappa shape index (κ3) is 8.02. The van der Waals surface area contributed by atoms with Crippen molar-refractivity contribution in [3.8, 4) is 11.8 Å². The molecule has 2 aromatic carbocycles. The first-order valence-corrected chi connectivity index (χ1v) is 9.94. The van der Waals surface area contributed by atoms with Crippen molar-refractivity contribution in [2.24, 2.45) is 5.92 Å².